The van der Waals surface area contributed by atoms with E-state index in [1.807, 2.05) is 18.2 Å². The Morgan fingerprint density at radius 3 is 2.67 bits per heavy atom. The first kappa shape index (κ1) is 15.2. The summed E-state index contributed by atoms with van der Waals surface area (Å²) in [7, 11) is 0. The third-order valence-electron chi connectivity index (χ3n) is 2.97. The summed E-state index contributed by atoms with van der Waals surface area (Å²) < 4.78 is 31.7. The van der Waals surface area contributed by atoms with E-state index in [2.05, 4.69) is 15.5 Å². The van der Waals surface area contributed by atoms with Gasteiger partial charge in [0.1, 0.15) is 11.8 Å². The molecule has 9 heteroatoms. The van der Waals surface area contributed by atoms with Crippen LogP contribution in [0.1, 0.15) is 5.69 Å². The van der Waals surface area contributed by atoms with Crippen LogP contribution >= 0.6 is 0 Å². The second-order valence-corrected chi connectivity index (χ2v) is 4.40. The number of hydrogen-bond acceptors (Lipinski definition) is 5. The molecule has 21 heavy (non-hydrogen) atoms. The van der Waals surface area contributed by atoms with Crippen LogP contribution in [0, 0.1) is 5.92 Å². The van der Waals surface area contributed by atoms with E-state index < -0.39 is 12.1 Å². The van der Waals surface area contributed by atoms with Crippen molar-refractivity contribution in [2.24, 2.45) is 11.1 Å². The highest BCUT2D eigenvalue weighted by Gasteiger charge is 2.39. The average Bonchev–Trinajstić information content (AvgIpc) is 3.01. The molecule has 3 rings (SSSR count). The first-order valence-corrected chi connectivity index (χ1v) is 6.05. The smallest absolute Gasteiger partial charge is 0.475 e. The van der Waals surface area contributed by atoms with Crippen LogP contribution in [0.5, 0.6) is 0 Å². The topological polar surface area (TPSA) is 83.8 Å². The summed E-state index contributed by atoms with van der Waals surface area (Å²) >= 11 is 0. The molecule has 1 saturated heterocycles. The van der Waals surface area contributed by atoms with E-state index in [0.29, 0.717) is 5.92 Å². The highest BCUT2D eigenvalue weighted by Crippen LogP contribution is 2.24. The number of carboxylic acids is 1. The summed E-state index contributed by atoms with van der Waals surface area (Å²) in [5.74, 6) is -2.38. The summed E-state index contributed by atoms with van der Waals surface area (Å²) in [5.41, 5.74) is 1.92. The molecule has 0 amide bonds. The van der Waals surface area contributed by atoms with Gasteiger partial charge >= 0.3 is 12.1 Å². The Morgan fingerprint density at radius 2 is 2.10 bits per heavy atom. The van der Waals surface area contributed by atoms with Gasteiger partial charge in [0, 0.05) is 19.3 Å². The molecule has 0 spiro atoms. The van der Waals surface area contributed by atoms with Crippen LogP contribution in [-0.2, 0) is 9.63 Å². The lowest BCUT2D eigenvalue weighted by Crippen LogP contribution is -2.22. The van der Waals surface area contributed by atoms with Crippen molar-refractivity contribution in [1.82, 2.24) is 10.3 Å². The van der Waals surface area contributed by atoms with Gasteiger partial charge in [-0.05, 0) is 12.1 Å². The Labute approximate surface area is 117 Å². The van der Waals surface area contributed by atoms with Crippen molar-refractivity contribution in [3.8, 4) is 0 Å². The number of fused-ring (bicyclic) bond motifs is 1. The Morgan fingerprint density at radius 1 is 1.38 bits per heavy atom. The molecule has 0 unspecified atom stereocenters. The molecule has 2 aliphatic heterocycles. The molecule has 1 aromatic heterocycles. The third-order valence-corrected chi connectivity index (χ3v) is 2.97. The number of aromatic nitrogens is 1. The van der Waals surface area contributed by atoms with Crippen molar-refractivity contribution in [3.63, 3.8) is 0 Å². The predicted octanol–water partition coefficient (Wildman–Crippen LogP) is 1.04. The number of hydrogen-bond donors (Lipinski definition) is 2. The van der Waals surface area contributed by atoms with Gasteiger partial charge in [-0.2, -0.15) is 13.2 Å². The molecule has 0 bridgehead atoms. The van der Waals surface area contributed by atoms with Gasteiger partial charge in [-0.15, -0.1) is 0 Å². The minimum absolute atomic E-state index is 0.215. The van der Waals surface area contributed by atoms with E-state index in [1.165, 1.54) is 0 Å². The number of alkyl halides is 3. The van der Waals surface area contributed by atoms with Crippen molar-refractivity contribution >= 4 is 11.7 Å². The molecule has 2 atom stereocenters. The van der Waals surface area contributed by atoms with Gasteiger partial charge < -0.3 is 15.3 Å². The van der Waals surface area contributed by atoms with Gasteiger partial charge in [0.05, 0.1) is 11.6 Å². The highest BCUT2D eigenvalue weighted by atomic mass is 19.4. The van der Waals surface area contributed by atoms with Gasteiger partial charge in [0.15, 0.2) is 0 Å². The summed E-state index contributed by atoms with van der Waals surface area (Å²) in [6.45, 7) is 1.84. The molecule has 6 nitrogen and oxygen atoms in total. The number of halogens is 3. The van der Waals surface area contributed by atoms with Crippen LogP contribution in [0.4, 0.5) is 13.2 Å². The number of aliphatic carboxylic acids is 1. The number of carboxylic acid groups (broad SMARTS) is 1. The lowest BCUT2D eigenvalue weighted by Gasteiger charge is -2.06. The number of nitrogens with zero attached hydrogens (tertiary/aromatic N) is 2. The Hall–Kier alpha value is -2.16. The molecule has 0 saturated carbocycles. The summed E-state index contributed by atoms with van der Waals surface area (Å²) in [6, 6.07) is 5.85. The third kappa shape index (κ3) is 3.69. The number of carbonyl (C=O) groups is 1. The Balaban J connectivity index is 0.000000199. The normalized spacial score (nSPS) is 23.5. The van der Waals surface area contributed by atoms with Crippen LogP contribution in [0.3, 0.4) is 0 Å². The molecule has 1 fully saturated rings. The van der Waals surface area contributed by atoms with Crippen molar-refractivity contribution in [2.45, 2.75) is 12.3 Å². The fourth-order valence-electron chi connectivity index (χ4n) is 1.98. The highest BCUT2D eigenvalue weighted by molar-refractivity contribution is 6.01. The first-order chi connectivity index (χ1) is 9.89. The van der Waals surface area contributed by atoms with E-state index >= 15 is 0 Å². The summed E-state index contributed by atoms with van der Waals surface area (Å²) in [6.07, 6.45) is -3.08. The Kier molecular flexibility index (Phi) is 4.41. The van der Waals surface area contributed by atoms with Crippen LogP contribution in [0.25, 0.3) is 0 Å². The minimum Gasteiger partial charge on any atom is -0.475 e. The quantitative estimate of drug-likeness (QED) is 0.810. The first-order valence-electron chi connectivity index (χ1n) is 6.05. The fourth-order valence-corrected chi connectivity index (χ4v) is 1.98. The average molecular weight is 303 g/mol. The molecular weight excluding hydrogens is 291 g/mol. The second-order valence-electron chi connectivity index (χ2n) is 4.40. The zero-order valence-electron chi connectivity index (χ0n) is 10.7. The minimum atomic E-state index is -5.08. The van der Waals surface area contributed by atoms with Gasteiger partial charge in [-0.1, -0.05) is 11.2 Å². The van der Waals surface area contributed by atoms with Crippen LogP contribution in [0.15, 0.2) is 29.6 Å². The molecule has 0 radical (unpaired) electrons. The van der Waals surface area contributed by atoms with Gasteiger partial charge in [0.2, 0.25) is 0 Å². The monoisotopic (exact) mass is 303 g/mol. The molecule has 0 aliphatic carbocycles. The van der Waals surface area contributed by atoms with Gasteiger partial charge in [-0.25, -0.2) is 4.79 Å². The van der Waals surface area contributed by atoms with E-state index in [0.717, 1.165) is 24.5 Å². The van der Waals surface area contributed by atoms with E-state index in [1.54, 1.807) is 6.20 Å². The zero-order chi connectivity index (χ0) is 15.5. The molecule has 3 heterocycles. The van der Waals surface area contributed by atoms with E-state index in [9.17, 15) is 13.2 Å². The SMILES string of the molecule is O=C(O)C(F)(F)F.c1ccc(C2=NO[C@H]3CNC[C@@H]23)nc1. The van der Waals surface area contributed by atoms with Crippen LogP contribution in [0.2, 0.25) is 0 Å². The number of oxime groups is 1. The van der Waals surface area contributed by atoms with E-state index in [-0.39, 0.29) is 6.10 Å². The number of nitrogens with one attached hydrogen (secondary N) is 1. The maximum atomic E-state index is 10.6. The van der Waals surface area contributed by atoms with Crippen molar-refractivity contribution in [3.05, 3.63) is 30.1 Å². The molecular formula is C12H12F3N3O3. The zero-order valence-corrected chi connectivity index (χ0v) is 10.7. The van der Waals surface area contributed by atoms with Crippen LogP contribution in [-0.4, -0.2) is 47.1 Å². The van der Waals surface area contributed by atoms with Gasteiger partial charge in [-0.3, -0.25) is 4.98 Å². The largest absolute Gasteiger partial charge is 0.490 e. The maximum absolute atomic E-state index is 10.6. The lowest BCUT2D eigenvalue weighted by atomic mass is 9.98. The van der Waals surface area contributed by atoms with Crippen molar-refractivity contribution in [2.75, 3.05) is 13.1 Å². The van der Waals surface area contributed by atoms with Crippen LogP contribution < -0.4 is 5.32 Å². The van der Waals surface area contributed by atoms with Crippen molar-refractivity contribution in [1.29, 1.82) is 0 Å². The fraction of sp³-hybridized carbons (Fsp3) is 0.417. The molecule has 1 aromatic rings. The van der Waals surface area contributed by atoms with Crippen molar-refractivity contribution < 1.29 is 27.9 Å². The second kappa shape index (κ2) is 6.08. The van der Waals surface area contributed by atoms with E-state index in [4.69, 9.17) is 14.7 Å². The molecule has 0 aromatic carbocycles. The summed E-state index contributed by atoms with van der Waals surface area (Å²) in [4.78, 5) is 18.5. The Bertz CT molecular complexity index is 534. The number of rotatable bonds is 1. The van der Waals surface area contributed by atoms with Gasteiger partial charge in [0.25, 0.3) is 0 Å². The predicted molar refractivity (Wildman–Crippen MR) is 65.7 cm³/mol. The maximum Gasteiger partial charge on any atom is 0.490 e. The standard InChI is InChI=1S/C10H11N3O.C2HF3O2/c1-2-4-12-8(3-1)10-7-5-11-6-9(7)14-13-10;3-2(4,5)1(6)7/h1-4,7,9,11H,5-6H2;(H,6,7)/t7-,9+;/m1./s1. The molecule has 2 N–H and O–H groups in total. The molecule has 114 valence electrons. The summed E-state index contributed by atoms with van der Waals surface area (Å²) in [5, 5.41) is 14.5. The number of pyridine rings is 1. The molecule has 2 aliphatic rings. The lowest BCUT2D eigenvalue weighted by molar-refractivity contribution is -0.192.